The number of aryl methyl sites for hydroxylation is 1. The highest BCUT2D eigenvalue weighted by Crippen LogP contribution is 2.21. The SMILES string of the molecule is Cc1cc(C(=O)NNC(=O)c2ccc[nH]c2=O)c(C)n1-c1ccc(F)cc1. The normalized spacial score (nSPS) is 10.5. The number of rotatable bonds is 3. The predicted octanol–water partition coefficient (Wildman–Crippen LogP) is 2.00. The maximum absolute atomic E-state index is 13.1. The number of carbonyl (C=O) groups excluding carboxylic acids is 2. The number of carbonyl (C=O) groups is 2. The second-order valence-corrected chi connectivity index (χ2v) is 5.92. The molecule has 0 bridgehead atoms. The molecule has 0 aliphatic rings. The third-order valence-electron chi connectivity index (χ3n) is 4.11. The first-order valence-corrected chi connectivity index (χ1v) is 8.11. The number of benzene rings is 1. The molecule has 3 N–H and O–H groups in total. The van der Waals surface area contributed by atoms with Crippen molar-refractivity contribution in [3.8, 4) is 5.69 Å². The van der Waals surface area contributed by atoms with Gasteiger partial charge in [0.2, 0.25) is 0 Å². The van der Waals surface area contributed by atoms with Gasteiger partial charge in [-0.25, -0.2) is 4.39 Å². The molecule has 8 heteroatoms. The molecule has 0 spiro atoms. The fourth-order valence-electron chi connectivity index (χ4n) is 2.83. The van der Waals surface area contributed by atoms with Gasteiger partial charge < -0.3 is 9.55 Å². The minimum Gasteiger partial charge on any atom is -0.328 e. The molecular formula is C19H17FN4O3. The van der Waals surface area contributed by atoms with E-state index in [1.54, 1.807) is 29.7 Å². The molecule has 0 aliphatic heterocycles. The maximum atomic E-state index is 13.1. The first kappa shape index (κ1) is 18.1. The van der Waals surface area contributed by atoms with E-state index >= 15 is 0 Å². The Hall–Kier alpha value is -3.68. The van der Waals surface area contributed by atoms with Gasteiger partial charge in [0, 0.05) is 23.3 Å². The molecule has 2 aromatic heterocycles. The van der Waals surface area contributed by atoms with Crippen LogP contribution in [-0.2, 0) is 0 Å². The van der Waals surface area contributed by atoms with Gasteiger partial charge >= 0.3 is 0 Å². The largest absolute Gasteiger partial charge is 0.328 e. The van der Waals surface area contributed by atoms with Crippen LogP contribution in [0.15, 0.2) is 53.5 Å². The number of pyridine rings is 1. The Morgan fingerprint density at radius 2 is 1.63 bits per heavy atom. The van der Waals surface area contributed by atoms with Gasteiger partial charge in [-0.3, -0.25) is 25.2 Å². The van der Waals surface area contributed by atoms with Crippen molar-refractivity contribution in [2.75, 3.05) is 0 Å². The standard InChI is InChI=1S/C19H17FN4O3/c1-11-10-16(12(2)24(11)14-7-5-13(20)6-8-14)19(27)23-22-18(26)15-4-3-9-21-17(15)25/h3-10H,1-2H3,(H,21,25)(H,22,26)(H,23,27). The molecule has 27 heavy (non-hydrogen) atoms. The molecule has 0 unspecified atom stereocenters. The molecule has 0 saturated heterocycles. The second kappa shape index (κ2) is 7.28. The van der Waals surface area contributed by atoms with Gasteiger partial charge in [-0.1, -0.05) is 0 Å². The van der Waals surface area contributed by atoms with E-state index < -0.39 is 17.4 Å². The summed E-state index contributed by atoms with van der Waals surface area (Å²) < 4.78 is 14.9. The summed E-state index contributed by atoms with van der Waals surface area (Å²) in [5.74, 6) is -1.60. The first-order valence-electron chi connectivity index (χ1n) is 8.11. The number of H-pyrrole nitrogens is 1. The number of hydrazine groups is 1. The van der Waals surface area contributed by atoms with E-state index in [-0.39, 0.29) is 11.4 Å². The van der Waals surface area contributed by atoms with Gasteiger partial charge in [-0.15, -0.1) is 0 Å². The van der Waals surface area contributed by atoms with Crippen LogP contribution in [0.2, 0.25) is 0 Å². The van der Waals surface area contributed by atoms with Crippen LogP contribution in [0.25, 0.3) is 5.69 Å². The number of nitrogens with one attached hydrogen (secondary N) is 3. The number of amides is 2. The summed E-state index contributed by atoms with van der Waals surface area (Å²) in [4.78, 5) is 38.5. The molecule has 1 aromatic carbocycles. The lowest BCUT2D eigenvalue weighted by molar-refractivity contribution is 0.0845. The quantitative estimate of drug-likeness (QED) is 0.617. The van der Waals surface area contributed by atoms with Crippen LogP contribution in [0.3, 0.4) is 0 Å². The zero-order chi connectivity index (χ0) is 19.6. The molecule has 7 nitrogen and oxygen atoms in total. The number of halogens is 1. The number of hydrogen-bond acceptors (Lipinski definition) is 3. The van der Waals surface area contributed by atoms with E-state index in [1.165, 1.54) is 30.5 Å². The Bertz CT molecular complexity index is 1070. The molecule has 0 atom stereocenters. The third kappa shape index (κ3) is 3.64. The van der Waals surface area contributed by atoms with Crippen molar-refractivity contribution < 1.29 is 14.0 Å². The molecule has 2 heterocycles. The van der Waals surface area contributed by atoms with Crippen molar-refractivity contribution in [3.05, 3.63) is 87.3 Å². The second-order valence-electron chi connectivity index (χ2n) is 5.92. The summed E-state index contributed by atoms with van der Waals surface area (Å²) in [6.45, 7) is 3.56. The molecular weight excluding hydrogens is 351 g/mol. The van der Waals surface area contributed by atoms with Crippen molar-refractivity contribution in [3.63, 3.8) is 0 Å². The summed E-state index contributed by atoms with van der Waals surface area (Å²) >= 11 is 0. The van der Waals surface area contributed by atoms with E-state index in [0.29, 0.717) is 16.9 Å². The van der Waals surface area contributed by atoms with Crippen molar-refractivity contribution in [1.29, 1.82) is 0 Å². The van der Waals surface area contributed by atoms with Crippen LogP contribution in [0, 0.1) is 19.7 Å². The van der Waals surface area contributed by atoms with Crippen molar-refractivity contribution in [2.24, 2.45) is 0 Å². The van der Waals surface area contributed by atoms with E-state index in [2.05, 4.69) is 15.8 Å². The van der Waals surface area contributed by atoms with Gasteiger partial charge in [0.25, 0.3) is 17.4 Å². The summed E-state index contributed by atoms with van der Waals surface area (Å²) in [6, 6.07) is 10.4. The van der Waals surface area contributed by atoms with Gasteiger partial charge in [0.1, 0.15) is 11.4 Å². The third-order valence-corrected chi connectivity index (χ3v) is 4.11. The zero-order valence-electron chi connectivity index (χ0n) is 14.7. The molecule has 0 fully saturated rings. The zero-order valence-corrected chi connectivity index (χ0v) is 14.7. The van der Waals surface area contributed by atoms with E-state index in [4.69, 9.17) is 0 Å². The number of hydrogen-bond donors (Lipinski definition) is 3. The van der Waals surface area contributed by atoms with Crippen molar-refractivity contribution >= 4 is 11.8 Å². The van der Waals surface area contributed by atoms with Crippen LogP contribution in [0.5, 0.6) is 0 Å². The number of nitrogens with zero attached hydrogens (tertiary/aromatic N) is 1. The summed E-state index contributed by atoms with van der Waals surface area (Å²) in [6.07, 6.45) is 1.40. The van der Waals surface area contributed by atoms with Crippen molar-refractivity contribution in [2.45, 2.75) is 13.8 Å². The minimum atomic E-state index is -0.724. The van der Waals surface area contributed by atoms with Gasteiger partial charge in [0.05, 0.1) is 5.56 Å². The smallest absolute Gasteiger partial charge is 0.275 e. The maximum Gasteiger partial charge on any atom is 0.275 e. The van der Waals surface area contributed by atoms with Gasteiger partial charge in [-0.2, -0.15) is 0 Å². The highest BCUT2D eigenvalue weighted by molar-refractivity contribution is 5.99. The molecule has 2 amide bonds. The fourth-order valence-corrected chi connectivity index (χ4v) is 2.83. The molecule has 3 rings (SSSR count). The average Bonchev–Trinajstić information content (AvgIpc) is 2.95. The van der Waals surface area contributed by atoms with E-state index in [1.807, 2.05) is 6.92 Å². The Morgan fingerprint density at radius 3 is 2.26 bits per heavy atom. The number of aromatic amines is 1. The highest BCUT2D eigenvalue weighted by Gasteiger charge is 2.18. The average molecular weight is 368 g/mol. The van der Waals surface area contributed by atoms with E-state index in [9.17, 15) is 18.8 Å². The minimum absolute atomic E-state index is 0.116. The Morgan fingerprint density at radius 1 is 1.00 bits per heavy atom. The molecule has 0 radical (unpaired) electrons. The predicted molar refractivity (Wildman–Crippen MR) is 97.2 cm³/mol. The lowest BCUT2D eigenvalue weighted by Crippen LogP contribution is -2.43. The fraction of sp³-hybridized carbons (Fsp3) is 0.105. The lowest BCUT2D eigenvalue weighted by atomic mass is 10.2. The summed E-state index contributed by atoms with van der Waals surface area (Å²) in [7, 11) is 0. The van der Waals surface area contributed by atoms with Crippen LogP contribution < -0.4 is 16.4 Å². The van der Waals surface area contributed by atoms with Gasteiger partial charge in [0.15, 0.2) is 0 Å². The van der Waals surface area contributed by atoms with Crippen LogP contribution in [-0.4, -0.2) is 21.4 Å². The Labute approximate surface area is 153 Å². The summed E-state index contributed by atoms with van der Waals surface area (Å²) in [5.41, 5.74) is 6.31. The molecule has 138 valence electrons. The highest BCUT2D eigenvalue weighted by atomic mass is 19.1. The number of aromatic nitrogens is 2. The summed E-state index contributed by atoms with van der Waals surface area (Å²) in [5, 5.41) is 0. The first-order chi connectivity index (χ1) is 12.9. The van der Waals surface area contributed by atoms with Crippen molar-refractivity contribution in [1.82, 2.24) is 20.4 Å². The van der Waals surface area contributed by atoms with E-state index in [0.717, 1.165) is 5.69 Å². The topological polar surface area (TPSA) is 96.0 Å². The molecule has 0 saturated carbocycles. The van der Waals surface area contributed by atoms with Crippen LogP contribution >= 0.6 is 0 Å². The lowest BCUT2D eigenvalue weighted by Gasteiger charge is -2.10. The monoisotopic (exact) mass is 368 g/mol. The van der Waals surface area contributed by atoms with Crippen LogP contribution in [0.1, 0.15) is 32.1 Å². The molecule has 0 aliphatic carbocycles. The van der Waals surface area contributed by atoms with Crippen LogP contribution in [0.4, 0.5) is 4.39 Å². The Kier molecular flexibility index (Phi) is 4.89. The van der Waals surface area contributed by atoms with Gasteiger partial charge in [-0.05, 0) is 56.3 Å². The Balaban J connectivity index is 1.79. The molecule has 3 aromatic rings.